The van der Waals surface area contributed by atoms with E-state index in [1.165, 1.54) is 5.57 Å². The van der Waals surface area contributed by atoms with E-state index in [1.807, 2.05) is 25.1 Å². The minimum atomic E-state index is -3.15. The highest BCUT2D eigenvalue weighted by Crippen LogP contribution is 2.33. The first-order valence-corrected chi connectivity index (χ1v) is 14.2. The number of fused-ring (bicyclic) bond motifs is 1. The van der Waals surface area contributed by atoms with Gasteiger partial charge >= 0.3 is 0 Å². The number of rotatable bonds is 7. The van der Waals surface area contributed by atoms with Crippen LogP contribution in [0.15, 0.2) is 42.7 Å². The van der Waals surface area contributed by atoms with Gasteiger partial charge in [0.2, 0.25) is 16.0 Å². The van der Waals surface area contributed by atoms with E-state index < -0.39 is 10.0 Å². The molecule has 8 nitrogen and oxygen atoms in total. The van der Waals surface area contributed by atoms with E-state index in [2.05, 4.69) is 32.0 Å². The van der Waals surface area contributed by atoms with Crippen LogP contribution in [0.2, 0.25) is 0 Å². The summed E-state index contributed by atoms with van der Waals surface area (Å²) in [6.07, 6.45) is 8.90. The zero-order chi connectivity index (χ0) is 23.5. The Morgan fingerprint density at radius 2 is 1.94 bits per heavy atom. The van der Waals surface area contributed by atoms with Crippen molar-refractivity contribution >= 4 is 43.1 Å². The van der Waals surface area contributed by atoms with Crippen molar-refractivity contribution in [3.05, 3.63) is 48.3 Å². The monoisotopic (exact) mass is 499 g/mol. The Hall–Kier alpha value is -2.56. The van der Waals surface area contributed by atoms with Crippen LogP contribution in [-0.4, -0.2) is 65.7 Å². The molecule has 0 unspecified atom stereocenters. The highest BCUT2D eigenvalue weighted by molar-refractivity contribution is 7.89. The molecule has 1 saturated heterocycles. The van der Waals surface area contributed by atoms with Crippen LogP contribution in [0.1, 0.15) is 38.2 Å². The molecule has 180 valence electrons. The molecule has 0 N–H and O–H groups in total. The molecule has 0 amide bonds. The lowest BCUT2D eigenvalue weighted by molar-refractivity contribution is 0.170. The summed E-state index contributed by atoms with van der Waals surface area (Å²) in [7, 11) is -3.15. The number of sulfonamides is 1. The molecular formula is C24H29N5O3S2. The molecule has 5 rings (SSSR count). The Labute approximate surface area is 204 Å². The summed E-state index contributed by atoms with van der Waals surface area (Å²) in [5.41, 5.74) is 3.25. The molecule has 0 atom stereocenters. The third kappa shape index (κ3) is 5.08. The molecular weight excluding hydrogens is 470 g/mol. The second kappa shape index (κ2) is 9.97. The summed E-state index contributed by atoms with van der Waals surface area (Å²) in [6.45, 7) is 4.61. The van der Waals surface area contributed by atoms with Crippen LogP contribution >= 0.6 is 11.3 Å². The minimum absolute atomic E-state index is 0.136. The summed E-state index contributed by atoms with van der Waals surface area (Å²) < 4.78 is 33.6. The molecule has 0 spiro atoms. The molecule has 1 fully saturated rings. The SMILES string of the molecule is CCCS(=O)(=O)N1CC=C(c2ccc3nc(OC4CCN(c5ncccn5)CC4)sc3c2)CC1. The Bertz CT molecular complexity index is 1270. The molecule has 10 heteroatoms. The van der Waals surface area contributed by atoms with Crippen molar-refractivity contribution in [2.45, 2.75) is 38.7 Å². The Morgan fingerprint density at radius 3 is 2.65 bits per heavy atom. The Morgan fingerprint density at radius 1 is 1.15 bits per heavy atom. The smallest absolute Gasteiger partial charge is 0.274 e. The van der Waals surface area contributed by atoms with Crippen molar-refractivity contribution in [1.29, 1.82) is 0 Å². The predicted molar refractivity (Wildman–Crippen MR) is 136 cm³/mol. The lowest BCUT2D eigenvalue weighted by Crippen LogP contribution is -2.39. The van der Waals surface area contributed by atoms with Crippen LogP contribution in [0.4, 0.5) is 5.95 Å². The molecule has 3 aromatic rings. The molecule has 2 aliphatic heterocycles. The van der Waals surface area contributed by atoms with Gasteiger partial charge in [-0.1, -0.05) is 30.4 Å². The van der Waals surface area contributed by atoms with Crippen LogP contribution in [0.25, 0.3) is 15.8 Å². The van der Waals surface area contributed by atoms with Gasteiger partial charge in [-0.15, -0.1) is 0 Å². The first-order valence-electron chi connectivity index (χ1n) is 11.8. The van der Waals surface area contributed by atoms with E-state index in [0.29, 0.717) is 24.7 Å². The van der Waals surface area contributed by atoms with Gasteiger partial charge in [0.15, 0.2) is 0 Å². The zero-order valence-corrected chi connectivity index (χ0v) is 20.9. The third-order valence-electron chi connectivity index (χ3n) is 6.31. The van der Waals surface area contributed by atoms with Crippen LogP contribution in [0.3, 0.4) is 0 Å². The van der Waals surface area contributed by atoms with Crippen molar-refractivity contribution in [3.8, 4) is 5.19 Å². The number of ether oxygens (including phenoxy) is 1. The van der Waals surface area contributed by atoms with Crippen molar-refractivity contribution in [2.24, 2.45) is 0 Å². The number of anilines is 1. The Kier molecular flexibility index (Phi) is 6.80. The number of nitrogens with zero attached hydrogens (tertiary/aromatic N) is 5. The van der Waals surface area contributed by atoms with Crippen molar-refractivity contribution in [1.82, 2.24) is 19.3 Å². The first kappa shape index (κ1) is 23.2. The second-order valence-corrected chi connectivity index (χ2v) is 11.8. The van der Waals surface area contributed by atoms with Crippen molar-refractivity contribution in [2.75, 3.05) is 36.8 Å². The van der Waals surface area contributed by atoms with E-state index in [9.17, 15) is 8.42 Å². The summed E-state index contributed by atoms with van der Waals surface area (Å²) in [5.74, 6) is 0.988. The maximum absolute atomic E-state index is 12.3. The summed E-state index contributed by atoms with van der Waals surface area (Å²) in [4.78, 5) is 15.6. The van der Waals surface area contributed by atoms with E-state index in [4.69, 9.17) is 4.74 Å². The van der Waals surface area contributed by atoms with Gasteiger partial charge < -0.3 is 9.64 Å². The lowest BCUT2D eigenvalue weighted by Gasteiger charge is -2.31. The maximum atomic E-state index is 12.3. The standard InChI is InChI=1S/C24H29N5O3S2/c1-2-16-34(30,31)29-14-6-18(7-15-29)19-4-5-21-22(17-19)33-24(27-21)32-20-8-12-28(13-9-20)23-25-10-3-11-26-23/h3-6,10-11,17,20H,2,7-9,12-16H2,1H3. The second-order valence-electron chi connectivity index (χ2n) is 8.67. The number of benzene rings is 1. The zero-order valence-electron chi connectivity index (χ0n) is 19.3. The third-order valence-corrected chi connectivity index (χ3v) is 9.26. The average molecular weight is 500 g/mol. The molecule has 0 bridgehead atoms. The van der Waals surface area contributed by atoms with Gasteiger partial charge in [0.05, 0.1) is 16.0 Å². The fourth-order valence-electron chi connectivity index (χ4n) is 4.48. The van der Waals surface area contributed by atoms with E-state index in [0.717, 1.165) is 54.1 Å². The summed E-state index contributed by atoms with van der Waals surface area (Å²) in [5, 5.41) is 0.705. The van der Waals surface area contributed by atoms with Crippen LogP contribution in [0, 0.1) is 0 Å². The van der Waals surface area contributed by atoms with Gasteiger partial charge in [-0.25, -0.2) is 23.4 Å². The van der Waals surface area contributed by atoms with Crippen molar-refractivity contribution < 1.29 is 13.2 Å². The fraction of sp³-hybridized carbons (Fsp3) is 0.458. The average Bonchev–Trinajstić information content (AvgIpc) is 3.26. The van der Waals surface area contributed by atoms with Gasteiger partial charge in [0, 0.05) is 51.4 Å². The number of hydrogen-bond acceptors (Lipinski definition) is 8. The Balaban J connectivity index is 1.22. The van der Waals surface area contributed by atoms with Gasteiger partial charge in [-0.3, -0.25) is 0 Å². The van der Waals surface area contributed by atoms with Crippen molar-refractivity contribution in [3.63, 3.8) is 0 Å². The van der Waals surface area contributed by atoms with E-state index in [-0.39, 0.29) is 11.9 Å². The summed E-state index contributed by atoms with van der Waals surface area (Å²) in [6, 6.07) is 8.09. The molecule has 4 heterocycles. The van der Waals surface area contributed by atoms with Gasteiger partial charge in [-0.2, -0.15) is 4.31 Å². The number of hydrogen-bond donors (Lipinski definition) is 0. The molecule has 2 aliphatic rings. The van der Waals surface area contributed by atoms with Crippen LogP contribution in [0.5, 0.6) is 5.19 Å². The highest BCUT2D eigenvalue weighted by Gasteiger charge is 2.25. The van der Waals surface area contributed by atoms with Crippen LogP contribution < -0.4 is 9.64 Å². The van der Waals surface area contributed by atoms with Gasteiger partial charge in [0.1, 0.15) is 6.10 Å². The van der Waals surface area contributed by atoms with E-state index >= 15 is 0 Å². The summed E-state index contributed by atoms with van der Waals surface area (Å²) >= 11 is 1.57. The molecule has 1 aromatic carbocycles. The lowest BCUT2D eigenvalue weighted by atomic mass is 10.0. The maximum Gasteiger partial charge on any atom is 0.274 e. The molecule has 2 aromatic heterocycles. The first-order chi connectivity index (χ1) is 16.5. The quantitative estimate of drug-likeness (QED) is 0.486. The number of piperidine rings is 1. The molecule has 0 saturated carbocycles. The normalized spacial score (nSPS) is 18.3. The number of thiazole rings is 1. The minimum Gasteiger partial charge on any atom is -0.467 e. The number of aromatic nitrogens is 3. The predicted octanol–water partition coefficient (Wildman–Crippen LogP) is 3.96. The molecule has 0 radical (unpaired) electrons. The van der Waals surface area contributed by atoms with Gasteiger partial charge in [0.25, 0.3) is 5.19 Å². The fourth-order valence-corrected chi connectivity index (χ4v) is 6.84. The van der Waals surface area contributed by atoms with Gasteiger partial charge in [-0.05, 0) is 42.2 Å². The molecule has 34 heavy (non-hydrogen) atoms. The molecule has 0 aliphatic carbocycles. The van der Waals surface area contributed by atoms with E-state index in [1.54, 1.807) is 28.0 Å². The largest absolute Gasteiger partial charge is 0.467 e. The van der Waals surface area contributed by atoms with Crippen LogP contribution in [-0.2, 0) is 10.0 Å². The highest BCUT2D eigenvalue weighted by atomic mass is 32.2. The topological polar surface area (TPSA) is 88.5 Å².